The highest BCUT2D eigenvalue weighted by Crippen LogP contribution is 2.32. The summed E-state index contributed by atoms with van der Waals surface area (Å²) in [5.41, 5.74) is 0.755. The van der Waals surface area contributed by atoms with Crippen LogP contribution < -0.4 is 5.32 Å². The van der Waals surface area contributed by atoms with Gasteiger partial charge in [-0.1, -0.05) is 6.07 Å². The number of aryl methyl sites for hydroxylation is 1. The second kappa shape index (κ2) is 5.82. The molecular formula is C14H18F3NO. The Balaban J connectivity index is 1.94. The first kappa shape index (κ1) is 14.2. The van der Waals surface area contributed by atoms with Crippen molar-refractivity contribution in [3.63, 3.8) is 0 Å². The van der Waals surface area contributed by atoms with Gasteiger partial charge in [-0.2, -0.15) is 13.2 Å². The number of ether oxygens (including phenoxy) is 1. The molecule has 2 nitrogen and oxygen atoms in total. The van der Waals surface area contributed by atoms with Gasteiger partial charge in [-0.15, -0.1) is 0 Å². The molecule has 0 radical (unpaired) electrons. The SMILES string of the molecule is Cc1ccc(C(F)(F)F)cc1NCCC1CCCO1. The van der Waals surface area contributed by atoms with Crippen LogP contribution in [0.5, 0.6) is 0 Å². The third-order valence-electron chi connectivity index (χ3n) is 3.37. The Morgan fingerprint density at radius 3 is 2.79 bits per heavy atom. The lowest BCUT2D eigenvalue weighted by atomic mass is 10.1. The molecule has 19 heavy (non-hydrogen) atoms. The van der Waals surface area contributed by atoms with Crippen molar-refractivity contribution >= 4 is 5.69 Å². The summed E-state index contributed by atoms with van der Waals surface area (Å²) < 4.78 is 43.3. The molecule has 0 saturated carbocycles. The van der Waals surface area contributed by atoms with Gasteiger partial charge in [0.15, 0.2) is 0 Å². The summed E-state index contributed by atoms with van der Waals surface area (Å²) in [7, 11) is 0. The van der Waals surface area contributed by atoms with Crippen LogP contribution in [0.1, 0.15) is 30.4 Å². The van der Waals surface area contributed by atoms with Crippen LogP contribution in [0.25, 0.3) is 0 Å². The topological polar surface area (TPSA) is 21.3 Å². The van der Waals surface area contributed by atoms with Crippen LogP contribution in [0, 0.1) is 6.92 Å². The molecule has 1 aliphatic rings. The van der Waals surface area contributed by atoms with Crippen molar-refractivity contribution in [2.45, 2.75) is 38.5 Å². The quantitative estimate of drug-likeness (QED) is 0.895. The van der Waals surface area contributed by atoms with E-state index in [1.165, 1.54) is 12.1 Å². The van der Waals surface area contributed by atoms with Gasteiger partial charge in [0, 0.05) is 18.8 Å². The summed E-state index contributed by atoms with van der Waals surface area (Å²) in [5, 5.41) is 3.07. The highest BCUT2D eigenvalue weighted by molar-refractivity contribution is 5.53. The van der Waals surface area contributed by atoms with Crippen molar-refractivity contribution in [1.82, 2.24) is 0 Å². The third kappa shape index (κ3) is 3.86. The van der Waals surface area contributed by atoms with Crippen molar-refractivity contribution in [2.24, 2.45) is 0 Å². The van der Waals surface area contributed by atoms with Gasteiger partial charge >= 0.3 is 6.18 Å². The fourth-order valence-corrected chi connectivity index (χ4v) is 2.23. The number of nitrogens with one attached hydrogen (secondary N) is 1. The Kier molecular flexibility index (Phi) is 4.34. The minimum Gasteiger partial charge on any atom is -0.385 e. The Hall–Kier alpha value is -1.23. The Labute approximate surface area is 111 Å². The maximum Gasteiger partial charge on any atom is 0.416 e. The van der Waals surface area contributed by atoms with Crippen LogP contribution in [0.2, 0.25) is 0 Å². The predicted octanol–water partition coefficient (Wildman–Crippen LogP) is 3.99. The maximum atomic E-state index is 12.6. The van der Waals surface area contributed by atoms with Crippen molar-refractivity contribution in [3.8, 4) is 0 Å². The molecule has 5 heteroatoms. The van der Waals surface area contributed by atoms with E-state index in [0.29, 0.717) is 12.2 Å². The molecule has 1 heterocycles. The number of hydrogen-bond acceptors (Lipinski definition) is 2. The number of benzene rings is 1. The lowest BCUT2D eigenvalue weighted by Crippen LogP contribution is -2.13. The van der Waals surface area contributed by atoms with E-state index in [2.05, 4.69) is 5.32 Å². The Morgan fingerprint density at radius 2 is 2.16 bits per heavy atom. The second-order valence-corrected chi connectivity index (χ2v) is 4.88. The van der Waals surface area contributed by atoms with E-state index >= 15 is 0 Å². The molecule has 1 saturated heterocycles. The molecule has 106 valence electrons. The van der Waals surface area contributed by atoms with Crippen LogP contribution in [0.3, 0.4) is 0 Å². The van der Waals surface area contributed by atoms with Crippen LogP contribution in [-0.4, -0.2) is 19.3 Å². The summed E-state index contributed by atoms with van der Waals surface area (Å²) in [4.78, 5) is 0. The van der Waals surface area contributed by atoms with Gasteiger partial charge in [0.2, 0.25) is 0 Å². The molecule has 1 N–H and O–H groups in total. The zero-order chi connectivity index (χ0) is 13.9. The average Bonchev–Trinajstić information content (AvgIpc) is 2.83. The molecule has 0 aliphatic carbocycles. The van der Waals surface area contributed by atoms with Gasteiger partial charge in [0.1, 0.15) is 0 Å². The summed E-state index contributed by atoms with van der Waals surface area (Å²) in [6.07, 6.45) is -1.09. The summed E-state index contributed by atoms with van der Waals surface area (Å²) >= 11 is 0. The lowest BCUT2D eigenvalue weighted by Gasteiger charge is -2.15. The summed E-state index contributed by atoms with van der Waals surface area (Å²) in [5.74, 6) is 0. The Morgan fingerprint density at radius 1 is 1.37 bits per heavy atom. The molecule has 0 bridgehead atoms. The minimum absolute atomic E-state index is 0.249. The fourth-order valence-electron chi connectivity index (χ4n) is 2.23. The van der Waals surface area contributed by atoms with Gasteiger partial charge in [-0.3, -0.25) is 0 Å². The predicted molar refractivity (Wildman–Crippen MR) is 68.3 cm³/mol. The van der Waals surface area contributed by atoms with Gasteiger partial charge < -0.3 is 10.1 Å². The number of alkyl halides is 3. The van der Waals surface area contributed by atoms with E-state index in [4.69, 9.17) is 4.74 Å². The van der Waals surface area contributed by atoms with E-state index in [0.717, 1.165) is 37.5 Å². The smallest absolute Gasteiger partial charge is 0.385 e. The van der Waals surface area contributed by atoms with Gasteiger partial charge in [-0.05, 0) is 43.9 Å². The van der Waals surface area contributed by atoms with E-state index < -0.39 is 11.7 Å². The molecular weight excluding hydrogens is 255 g/mol. The average molecular weight is 273 g/mol. The molecule has 1 aliphatic heterocycles. The normalized spacial score (nSPS) is 19.7. The van der Waals surface area contributed by atoms with Gasteiger partial charge in [0.25, 0.3) is 0 Å². The van der Waals surface area contributed by atoms with Crippen LogP contribution in [0.15, 0.2) is 18.2 Å². The number of halogens is 3. The molecule has 1 unspecified atom stereocenters. The van der Waals surface area contributed by atoms with Crippen molar-refractivity contribution in [1.29, 1.82) is 0 Å². The zero-order valence-corrected chi connectivity index (χ0v) is 10.9. The number of anilines is 1. The highest BCUT2D eigenvalue weighted by atomic mass is 19.4. The van der Waals surface area contributed by atoms with Crippen LogP contribution >= 0.6 is 0 Å². The standard InChI is InChI=1S/C14H18F3NO/c1-10-4-5-11(14(15,16)17)9-13(10)18-7-6-12-3-2-8-19-12/h4-5,9,12,18H,2-3,6-8H2,1H3. The summed E-state index contributed by atoms with van der Waals surface area (Å²) in [6, 6.07) is 3.78. The lowest BCUT2D eigenvalue weighted by molar-refractivity contribution is -0.137. The molecule has 1 atom stereocenters. The number of hydrogen-bond donors (Lipinski definition) is 1. The number of rotatable bonds is 4. The maximum absolute atomic E-state index is 12.6. The monoisotopic (exact) mass is 273 g/mol. The molecule has 1 aromatic carbocycles. The first-order valence-electron chi connectivity index (χ1n) is 6.50. The molecule has 2 rings (SSSR count). The van der Waals surface area contributed by atoms with E-state index in [1.807, 2.05) is 0 Å². The first-order valence-corrected chi connectivity index (χ1v) is 6.50. The highest BCUT2D eigenvalue weighted by Gasteiger charge is 2.30. The van der Waals surface area contributed by atoms with Crippen molar-refractivity contribution < 1.29 is 17.9 Å². The van der Waals surface area contributed by atoms with Crippen molar-refractivity contribution in [3.05, 3.63) is 29.3 Å². The molecule has 0 spiro atoms. The van der Waals surface area contributed by atoms with Gasteiger partial charge in [-0.25, -0.2) is 0 Å². The molecule has 0 amide bonds. The van der Waals surface area contributed by atoms with E-state index in [-0.39, 0.29) is 6.10 Å². The zero-order valence-electron chi connectivity index (χ0n) is 10.9. The molecule has 1 fully saturated rings. The third-order valence-corrected chi connectivity index (χ3v) is 3.37. The largest absolute Gasteiger partial charge is 0.416 e. The van der Waals surface area contributed by atoms with Crippen LogP contribution in [-0.2, 0) is 10.9 Å². The van der Waals surface area contributed by atoms with Gasteiger partial charge in [0.05, 0.1) is 11.7 Å². The van der Waals surface area contributed by atoms with Crippen molar-refractivity contribution in [2.75, 3.05) is 18.5 Å². The second-order valence-electron chi connectivity index (χ2n) is 4.88. The van der Waals surface area contributed by atoms with E-state index in [1.54, 1.807) is 6.92 Å². The van der Waals surface area contributed by atoms with E-state index in [9.17, 15) is 13.2 Å². The first-order chi connectivity index (χ1) is 8.97. The minimum atomic E-state index is -4.29. The molecule has 1 aromatic rings. The van der Waals surface area contributed by atoms with Crippen LogP contribution in [0.4, 0.5) is 18.9 Å². The molecule has 0 aromatic heterocycles. The Bertz CT molecular complexity index is 425. The fraction of sp³-hybridized carbons (Fsp3) is 0.571. The summed E-state index contributed by atoms with van der Waals surface area (Å²) in [6.45, 7) is 3.23.